The Hall–Kier alpha value is -2.79. The van der Waals surface area contributed by atoms with Crippen LogP contribution in [0.2, 0.25) is 0 Å². The molecule has 0 saturated heterocycles. The average Bonchev–Trinajstić information content (AvgIpc) is 3.31. The van der Waals surface area contributed by atoms with Crippen molar-refractivity contribution in [1.82, 2.24) is 5.32 Å². The first-order chi connectivity index (χ1) is 12.3. The first kappa shape index (κ1) is 17.0. The van der Waals surface area contributed by atoms with Gasteiger partial charge in [-0.2, -0.15) is 0 Å². The highest BCUT2D eigenvalue weighted by molar-refractivity contribution is 7.12. The van der Waals surface area contributed by atoms with E-state index in [2.05, 4.69) is 5.32 Å². The lowest BCUT2D eigenvalue weighted by Gasteiger charge is -2.08. The SMILES string of the molecule is C/C=C/c1ccccc1OCc1csc(C(=O)NCc2ccco2)c1. The van der Waals surface area contributed by atoms with Crippen molar-refractivity contribution in [3.05, 3.63) is 81.9 Å². The normalized spacial score (nSPS) is 10.9. The largest absolute Gasteiger partial charge is 0.488 e. The quantitative estimate of drug-likeness (QED) is 0.658. The summed E-state index contributed by atoms with van der Waals surface area (Å²) < 4.78 is 11.1. The van der Waals surface area contributed by atoms with Crippen LogP contribution in [0.1, 0.15) is 33.5 Å². The van der Waals surface area contributed by atoms with Crippen LogP contribution in [0.15, 0.2) is 64.6 Å². The number of hydrogen-bond acceptors (Lipinski definition) is 4. The molecule has 1 amide bonds. The van der Waals surface area contributed by atoms with Gasteiger partial charge in [0.05, 0.1) is 17.7 Å². The number of rotatable bonds is 7. The lowest BCUT2D eigenvalue weighted by atomic mass is 10.2. The van der Waals surface area contributed by atoms with E-state index in [1.54, 1.807) is 12.3 Å². The molecule has 0 aliphatic carbocycles. The molecule has 0 fully saturated rings. The van der Waals surface area contributed by atoms with Gasteiger partial charge in [-0.3, -0.25) is 4.79 Å². The zero-order valence-corrected chi connectivity index (χ0v) is 14.7. The van der Waals surface area contributed by atoms with Gasteiger partial charge in [-0.25, -0.2) is 0 Å². The van der Waals surface area contributed by atoms with Crippen molar-refractivity contribution in [1.29, 1.82) is 0 Å². The second kappa shape index (κ2) is 8.35. The molecule has 0 saturated carbocycles. The van der Waals surface area contributed by atoms with Crippen molar-refractivity contribution in [3.63, 3.8) is 0 Å². The van der Waals surface area contributed by atoms with E-state index in [1.807, 2.05) is 60.9 Å². The van der Waals surface area contributed by atoms with E-state index in [0.29, 0.717) is 18.0 Å². The summed E-state index contributed by atoms with van der Waals surface area (Å²) in [6.45, 7) is 2.78. The van der Waals surface area contributed by atoms with Gasteiger partial charge < -0.3 is 14.5 Å². The molecule has 0 atom stereocenters. The first-order valence-corrected chi connectivity index (χ1v) is 8.86. The van der Waals surface area contributed by atoms with Gasteiger partial charge in [-0.1, -0.05) is 30.4 Å². The summed E-state index contributed by atoms with van der Waals surface area (Å²) in [7, 11) is 0. The maximum Gasteiger partial charge on any atom is 0.261 e. The molecule has 0 bridgehead atoms. The highest BCUT2D eigenvalue weighted by Gasteiger charge is 2.10. The Balaban J connectivity index is 1.57. The predicted octanol–water partition coefficient (Wildman–Crippen LogP) is 4.88. The number of carbonyl (C=O) groups excluding carboxylic acids is 1. The second-order valence-electron chi connectivity index (χ2n) is 5.41. The van der Waals surface area contributed by atoms with Gasteiger partial charge in [0.2, 0.25) is 0 Å². The molecular weight excluding hydrogens is 334 g/mol. The van der Waals surface area contributed by atoms with Gasteiger partial charge >= 0.3 is 0 Å². The van der Waals surface area contributed by atoms with Gasteiger partial charge in [-0.05, 0) is 36.6 Å². The third-order valence-corrected chi connectivity index (χ3v) is 4.52. The molecule has 0 aliphatic heterocycles. The van der Waals surface area contributed by atoms with Crippen molar-refractivity contribution in [2.45, 2.75) is 20.1 Å². The molecule has 4 nitrogen and oxygen atoms in total. The number of allylic oxidation sites excluding steroid dienone is 1. The summed E-state index contributed by atoms with van der Waals surface area (Å²) in [6.07, 6.45) is 5.58. The van der Waals surface area contributed by atoms with Crippen LogP contribution in [-0.2, 0) is 13.2 Å². The van der Waals surface area contributed by atoms with Gasteiger partial charge in [0, 0.05) is 11.1 Å². The predicted molar refractivity (Wildman–Crippen MR) is 99.7 cm³/mol. The Kier molecular flexibility index (Phi) is 5.69. The number of thiophene rings is 1. The van der Waals surface area contributed by atoms with Crippen molar-refractivity contribution in [3.8, 4) is 5.75 Å². The number of nitrogens with one attached hydrogen (secondary N) is 1. The summed E-state index contributed by atoms with van der Waals surface area (Å²) in [5.41, 5.74) is 2.01. The van der Waals surface area contributed by atoms with Crippen molar-refractivity contribution >= 4 is 23.3 Å². The number of amides is 1. The molecule has 1 aromatic carbocycles. The molecule has 0 unspecified atom stereocenters. The third-order valence-electron chi connectivity index (χ3n) is 3.54. The molecule has 2 aromatic heterocycles. The van der Waals surface area contributed by atoms with Gasteiger partial charge in [-0.15, -0.1) is 11.3 Å². The van der Waals surface area contributed by atoms with Crippen molar-refractivity contribution in [2.75, 3.05) is 0 Å². The molecule has 25 heavy (non-hydrogen) atoms. The lowest BCUT2D eigenvalue weighted by Crippen LogP contribution is -2.21. The fraction of sp³-hybridized carbons (Fsp3) is 0.150. The number of hydrogen-bond donors (Lipinski definition) is 1. The summed E-state index contributed by atoms with van der Waals surface area (Å²) in [5.74, 6) is 1.45. The smallest absolute Gasteiger partial charge is 0.261 e. The van der Waals surface area contributed by atoms with Crippen molar-refractivity contribution < 1.29 is 13.9 Å². The minimum Gasteiger partial charge on any atom is -0.488 e. The van der Waals surface area contributed by atoms with E-state index in [9.17, 15) is 4.79 Å². The molecule has 5 heteroatoms. The van der Waals surface area contributed by atoms with E-state index in [1.165, 1.54) is 11.3 Å². The Morgan fingerprint density at radius 1 is 1.28 bits per heavy atom. The molecule has 2 heterocycles. The number of para-hydroxylation sites is 1. The molecule has 0 aliphatic rings. The molecule has 1 N–H and O–H groups in total. The van der Waals surface area contributed by atoms with Crippen LogP contribution in [-0.4, -0.2) is 5.91 Å². The summed E-state index contributed by atoms with van der Waals surface area (Å²) in [4.78, 5) is 12.8. The molecular formula is C20H19NO3S. The van der Waals surface area contributed by atoms with Crippen LogP contribution >= 0.6 is 11.3 Å². The first-order valence-electron chi connectivity index (χ1n) is 7.99. The topological polar surface area (TPSA) is 51.5 Å². The van der Waals surface area contributed by atoms with Gasteiger partial charge in [0.1, 0.15) is 18.1 Å². The average molecular weight is 353 g/mol. The fourth-order valence-electron chi connectivity index (χ4n) is 2.33. The molecule has 0 spiro atoms. The lowest BCUT2D eigenvalue weighted by molar-refractivity contribution is 0.0952. The summed E-state index contributed by atoms with van der Waals surface area (Å²) in [5, 5.41) is 4.79. The van der Waals surface area contributed by atoms with E-state index in [4.69, 9.17) is 9.15 Å². The van der Waals surface area contributed by atoms with Crippen LogP contribution < -0.4 is 10.1 Å². The highest BCUT2D eigenvalue weighted by Crippen LogP contribution is 2.22. The minimum absolute atomic E-state index is 0.109. The van der Waals surface area contributed by atoms with Crippen molar-refractivity contribution in [2.24, 2.45) is 0 Å². The maximum atomic E-state index is 12.2. The minimum atomic E-state index is -0.109. The molecule has 3 rings (SSSR count). The number of ether oxygens (including phenoxy) is 1. The monoisotopic (exact) mass is 353 g/mol. The zero-order valence-electron chi connectivity index (χ0n) is 13.9. The molecule has 0 radical (unpaired) electrons. The Morgan fingerprint density at radius 3 is 2.96 bits per heavy atom. The Bertz CT molecular complexity index is 849. The van der Waals surface area contributed by atoms with E-state index >= 15 is 0 Å². The fourth-order valence-corrected chi connectivity index (χ4v) is 3.14. The second-order valence-corrected chi connectivity index (χ2v) is 6.32. The highest BCUT2D eigenvalue weighted by atomic mass is 32.1. The van der Waals surface area contributed by atoms with E-state index in [0.717, 1.165) is 22.6 Å². The zero-order chi connectivity index (χ0) is 17.5. The summed E-state index contributed by atoms with van der Waals surface area (Å²) >= 11 is 1.41. The number of carbonyl (C=O) groups is 1. The van der Waals surface area contributed by atoms with Crippen LogP contribution in [0.25, 0.3) is 6.08 Å². The van der Waals surface area contributed by atoms with Gasteiger partial charge in [0.25, 0.3) is 5.91 Å². The van der Waals surface area contributed by atoms with Crippen LogP contribution in [0.3, 0.4) is 0 Å². The third kappa shape index (κ3) is 4.61. The van der Waals surface area contributed by atoms with Crippen LogP contribution in [0, 0.1) is 0 Å². The number of benzene rings is 1. The molecule has 3 aromatic rings. The Morgan fingerprint density at radius 2 is 2.16 bits per heavy atom. The van der Waals surface area contributed by atoms with E-state index < -0.39 is 0 Å². The van der Waals surface area contributed by atoms with Crippen LogP contribution in [0.4, 0.5) is 0 Å². The van der Waals surface area contributed by atoms with E-state index in [-0.39, 0.29) is 5.91 Å². The Labute approximate surface area is 150 Å². The maximum absolute atomic E-state index is 12.2. The van der Waals surface area contributed by atoms with Gasteiger partial charge in [0.15, 0.2) is 0 Å². The standard InChI is InChI=1S/C20H19NO3S/c1-2-6-16-7-3-4-9-18(16)24-13-15-11-19(25-14-15)20(22)21-12-17-8-5-10-23-17/h2-11,14H,12-13H2,1H3,(H,21,22)/b6-2+. The number of furan rings is 1. The molecule has 128 valence electrons. The summed E-state index contributed by atoms with van der Waals surface area (Å²) in [6, 6.07) is 13.4. The van der Waals surface area contributed by atoms with Crippen LogP contribution in [0.5, 0.6) is 5.75 Å².